The van der Waals surface area contributed by atoms with E-state index < -0.39 is 0 Å². The van der Waals surface area contributed by atoms with Gasteiger partial charge in [0.2, 0.25) is 0 Å². The molecule has 0 radical (unpaired) electrons. The predicted molar refractivity (Wildman–Crippen MR) is 137 cm³/mol. The lowest BCUT2D eigenvalue weighted by atomic mass is 9.88. The van der Waals surface area contributed by atoms with Crippen LogP contribution < -0.4 is 20.1 Å². The average Bonchev–Trinajstić information content (AvgIpc) is 2.86. The van der Waals surface area contributed by atoms with Crippen molar-refractivity contribution in [1.29, 1.82) is 0 Å². The van der Waals surface area contributed by atoms with Gasteiger partial charge in [0.05, 0.1) is 6.61 Å². The van der Waals surface area contributed by atoms with E-state index in [0.717, 1.165) is 55.5 Å². The van der Waals surface area contributed by atoms with Crippen molar-refractivity contribution in [3.63, 3.8) is 0 Å². The largest absolute Gasteiger partial charge is 0.456 e. The van der Waals surface area contributed by atoms with E-state index in [9.17, 15) is 5.11 Å². The van der Waals surface area contributed by atoms with Crippen LogP contribution in [0.25, 0.3) is 24.3 Å². The summed E-state index contributed by atoms with van der Waals surface area (Å²) in [6, 6.07) is 18.1. The van der Waals surface area contributed by atoms with Crippen molar-refractivity contribution in [3.05, 3.63) is 98.9 Å². The van der Waals surface area contributed by atoms with Gasteiger partial charge in [-0.05, 0) is 59.2 Å². The summed E-state index contributed by atoms with van der Waals surface area (Å²) in [6.45, 7) is 5.72. The fraction of sp³-hybridized carbons (Fsp3) is 0.143. The van der Waals surface area contributed by atoms with Crippen LogP contribution in [0.15, 0.2) is 54.6 Å². The summed E-state index contributed by atoms with van der Waals surface area (Å²) in [5, 5.41) is 28.0. The summed E-state index contributed by atoms with van der Waals surface area (Å²) >= 11 is 0. The molecule has 0 saturated heterocycles. The van der Waals surface area contributed by atoms with Crippen LogP contribution in [0, 0.1) is 6.92 Å². The van der Waals surface area contributed by atoms with E-state index in [0.29, 0.717) is 11.6 Å². The number of aliphatic hydroxyl groups is 1. The summed E-state index contributed by atoms with van der Waals surface area (Å²) in [4.78, 5) is 2.04. The first-order valence-electron chi connectivity index (χ1n) is 11.2. The number of aromatic nitrogens is 4. The maximum atomic E-state index is 10.2. The van der Waals surface area contributed by atoms with Crippen LogP contribution in [-0.2, 0) is 6.61 Å². The zero-order valence-electron chi connectivity index (χ0n) is 19.9. The fourth-order valence-electron chi connectivity index (χ4n) is 4.08. The first-order valence-corrected chi connectivity index (χ1v) is 11.2. The molecule has 0 saturated carbocycles. The van der Waals surface area contributed by atoms with E-state index in [2.05, 4.69) is 45.2 Å². The molecule has 0 fully saturated rings. The number of hydrogen-bond donors (Lipinski definition) is 1. The van der Waals surface area contributed by atoms with Crippen molar-refractivity contribution < 1.29 is 9.84 Å². The molecule has 35 heavy (non-hydrogen) atoms. The second kappa shape index (κ2) is 9.12. The Hall–Kier alpha value is -4.36. The first-order chi connectivity index (χ1) is 16.9. The molecular formula is C28H25N5O2. The number of hydrogen-bond acceptors (Lipinski definition) is 7. The van der Waals surface area contributed by atoms with Crippen LogP contribution in [0.2, 0.25) is 0 Å². The van der Waals surface area contributed by atoms with Crippen molar-refractivity contribution >= 4 is 30.0 Å². The van der Waals surface area contributed by atoms with Gasteiger partial charge in [0.1, 0.15) is 11.5 Å². The number of aliphatic hydroxyl groups excluding tert-OH is 1. The molecule has 4 aromatic rings. The van der Waals surface area contributed by atoms with E-state index in [4.69, 9.17) is 4.74 Å². The van der Waals surface area contributed by atoms with Crippen LogP contribution >= 0.6 is 0 Å². The Bertz CT molecular complexity index is 1560. The fourth-order valence-corrected chi connectivity index (χ4v) is 4.08. The molecule has 7 nitrogen and oxygen atoms in total. The minimum absolute atomic E-state index is 0.0908. The highest BCUT2D eigenvalue weighted by Crippen LogP contribution is 2.39. The molecule has 1 aliphatic rings. The lowest BCUT2D eigenvalue weighted by Gasteiger charge is -2.24. The molecule has 1 aromatic heterocycles. The molecule has 1 aliphatic heterocycles. The highest BCUT2D eigenvalue weighted by atomic mass is 16.5. The number of rotatable bonds is 5. The van der Waals surface area contributed by atoms with Gasteiger partial charge in [-0.25, -0.2) is 0 Å². The SMILES string of the molecule is C=c1ccc2c(c1)Oc1cc(N(C)C)ccc1C=2c1cc(/C=C/c2nnc(C)nn2)ccc1CO. The highest BCUT2D eigenvalue weighted by Gasteiger charge is 2.22. The minimum Gasteiger partial charge on any atom is -0.456 e. The molecule has 3 aromatic carbocycles. The molecule has 7 heteroatoms. The Morgan fingerprint density at radius 1 is 0.886 bits per heavy atom. The van der Waals surface area contributed by atoms with E-state index in [1.54, 1.807) is 13.0 Å². The van der Waals surface area contributed by atoms with Crippen LogP contribution in [0.1, 0.15) is 33.9 Å². The lowest BCUT2D eigenvalue weighted by Crippen LogP contribution is -2.20. The van der Waals surface area contributed by atoms with Gasteiger partial charge in [-0.1, -0.05) is 36.9 Å². The molecule has 0 spiro atoms. The number of anilines is 1. The van der Waals surface area contributed by atoms with Gasteiger partial charge in [0.25, 0.3) is 0 Å². The Balaban J connectivity index is 1.71. The second-order valence-corrected chi connectivity index (χ2v) is 8.60. The van der Waals surface area contributed by atoms with Gasteiger partial charge >= 0.3 is 0 Å². The smallest absolute Gasteiger partial charge is 0.196 e. The van der Waals surface area contributed by atoms with Gasteiger partial charge < -0.3 is 14.7 Å². The standard InChI is InChI=1S/C28H25N5O2/c1-17-5-10-22-25(13-17)35-26-15-21(33(3)4)9-11-23(26)28(22)24-14-19(6-8-20(24)16-34)7-12-27-31-29-18(2)30-32-27/h5-15,34H,1,16H2,2-4H3/b12-7+. The third-order valence-electron chi connectivity index (χ3n) is 5.88. The monoisotopic (exact) mass is 463 g/mol. The first kappa shape index (κ1) is 22.4. The van der Waals surface area contributed by atoms with Crippen molar-refractivity contribution in [2.24, 2.45) is 0 Å². The molecule has 0 atom stereocenters. The Kier molecular flexibility index (Phi) is 5.84. The summed E-state index contributed by atoms with van der Waals surface area (Å²) in [7, 11) is 4.00. The molecule has 0 amide bonds. The summed E-state index contributed by atoms with van der Waals surface area (Å²) < 4.78 is 6.33. The van der Waals surface area contributed by atoms with E-state index in [-0.39, 0.29) is 6.61 Å². The molecule has 0 aliphatic carbocycles. The number of nitrogens with zero attached hydrogens (tertiary/aromatic N) is 5. The number of aryl methyl sites for hydroxylation is 1. The summed E-state index contributed by atoms with van der Waals surface area (Å²) in [5.41, 5.74) is 5.68. The lowest BCUT2D eigenvalue weighted by molar-refractivity contribution is 0.281. The third kappa shape index (κ3) is 4.41. The van der Waals surface area contributed by atoms with Crippen LogP contribution in [0.4, 0.5) is 5.69 Å². The Morgan fingerprint density at radius 3 is 2.43 bits per heavy atom. The van der Waals surface area contributed by atoms with E-state index in [1.165, 1.54) is 0 Å². The van der Waals surface area contributed by atoms with E-state index >= 15 is 0 Å². The Labute approximate surface area is 203 Å². The minimum atomic E-state index is -0.0908. The molecule has 5 rings (SSSR count). The maximum absolute atomic E-state index is 10.2. The van der Waals surface area contributed by atoms with Gasteiger partial charge in [-0.2, -0.15) is 0 Å². The van der Waals surface area contributed by atoms with E-state index in [1.807, 2.05) is 61.5 Å². The van der Waals surface area contributed by atoms with Crippen LogP contribution in [0.3, 0.4) is 0 Å². The van der Waals surface area contributed by atoms with Gasteiger partial charge in [0, 0.05) is 42.2 Å². The number of ether oxygens (including phenoxy) is 1. The molecule has 174 valence electrons. The van der Waals surface area contributed by atoms with Crippen LogP contribution in [0.5, 0.6) is 11.5 Å². The zero-order valence-corrected chi connectivity index (χ0v) is 19.9. The van der Waals surface area contributed by atoms with Crippen molar-refractivity contribution in [2.45, 2.75) is 13.5 Å². The average molecular weight is 464 g/mol. The highest BCUT2D eigenvalue weighted by molar-refractivity contribution is 5.88. The second-order valence-electron chi connectivity index (χ2n) is 8.60. The number of benzene rings is 3. The quantitative estimate of drug-likeness (QED) is 0.429. The summed E-state index contributed by atoms with van der Waals surface area (Å²) in [6.07, 6.45) is 3.68. The van der Waals surface area contributed by atoms with Crippen LogP contribution in [-0.4, -0.2) is 39.6 Å². The zero-order chi connectivity index (χ0) is 24.5. The molecular weight excluding hydrogens is 438 g/mol. The topological polar surface area (TPSA) is 84.3 Å². The van der Waals surface area contributed by atoms with Gasteiger partial charge in [0.15, 0.2) is 11.6 Å². The van der Waals surface area contributed by atoms with Crippen molar-refractivity contribution in [2.75, 3.05) is 19.0 Å². The molecule has 0 bridgehead atoms. The Morgan fingerprint density at radius 2 is 1.69 bits per heavy atom. The number of fused-ring (bicyclic) bond motifs is 2. The van der Waals surface area contributed by atoms with Gasteiger partial charge in [-0.3, -0.25) is 0 Å². The van der Waals surface area contributed by atoms with Gasteiger partial charge in [-0.15, -0.1) is 20.4 Å². The maximum Gasteiger partial charge on any atom is 0.196 e. The predicted octanol–water partition coefficient (Wildman–Crippen LogP) is 3.07. The summed E-state index contributed by atoms with van der Waals surface area (Å²) in [5.74, 6) is 2.45. The molecule has 1 N–H and O–H groups in total. The molecule has 2 heterocycles. The van der Waals surface area contributed by atoms with Crippen molar-refractivity contribution in [1.82, 2.24) is 20.4 Å². The normalized spacial score (nSPS) is 12.3. The molecule has 0 unspecified atom stereocenters. The third-order valence-corrected chi connectivity index (χ3v) is 5.88. The van der Waals surface area contributed by atoms with Crippen molar-refractivity contribution in [3.8, 4) is 11.5 Å².